The van der Waals surface area contributed by atoms with E-state index < -0.39 is 17.7 Å². The zero-order chi connectivity index (χ0) is 10.8. The van der Waals surface area contributed by atoms with Gasteiger partial charge in [0, 0.05) is 12.8 Å². The fourth-order valence-corrected chi connectivity index (χ4v) is 1.27. The summed E-state index contributed by atoms with van der Waals surface area (Å²) in [6.07, 6.45) is 1.61. The Bertz CT molecular complexity index is 394. The number of hydrazine groups is 1. The maximum absolute atomic E-state index is 11.4. The number of nitrogens with one attached hydrogen (secondary N) is 1. The molecule has 1 aromatic heterocycles. The van der Waals surface area contributed by atoms with E-state index in [1.165, 1.54) is 12.3 Å². The molecule has 0 spiro atoms. The molecule has 3 amide bonds. The first kappa shape index (κ1) is 9.45. The van der Waals surface area contributed by atoms with Crippen molar-refractivity contribution in [3.8, 4) is 0 Å². The predicted molar refractivity (Wildman–Crippen MR) is 47.3 cm³/mol. The van der Waals surface area contributed by atoms with E-state index in [0.717, 1.165) is 5.01 Å². The lowest BCUT2D eigenvalue weighted by atomic mass is 10.4. The summed E-state index contributed by atoms with van der Waals surface area (Å²) in [5.41, 5.74) is 2.18. The molecule has 78 valence electrons. The lowest BCUT2D eigenvalue weighted by molar-refractivity contribution is -0.141. The number of imide groups is 1. The Morgan fingerprint density at radius 1 is 1.33 bits per heavy atom. The van der Waals surface area contributed by atoms with Gasteiger partial charge in [0.2, 0.25) is 11.8 Å². The van der Waals surface area contributed by atoms with Crippen molar-refractivity contribution in [1.82, 2.24) is 10.4 Å². The number of furan rings is 1. The van der Waals surface area contributed by atoms with Gasteiger partial charge < -0.3 is 4.42 Å². The first-order valence-corrected chi connectivity index (χ1v) is 4.39. The van der Waals surface area contributed by atoms with Crippen LogP contribution < -0.4 is 5.43 Å². The molecule has 0 saturated carbocycles. The van der Waals surface area contributed by atoms with E-state index in [4.69, 9.17) is 4.42 Å². The van der Waals surface area contributed by atoms with Gasteiger partial charge in [-0.2, -0.15) is 5.01 Å². The number of carbonyl (C=O) groups excluding carboxylic acids is 3. The molecule has 0 radical (unpaired) electrons. The van der Waals surface area contributed by atoms with Crippen LogP contribution in [-0.4, -0.2) is 22.7 Å². The molecule has 2 heterocycles. The van der Waals surface area contributed by atoms with E-state index in [-0.39, 0.29) is 18.6 Å². The molecule has 0 aliphatic carbocycles. The summed E-state index contributed by atoms with van der Waals surface area (Å²) in [6.45, 7) is 0. The Morgan fingerprint density at radius 2 is 2.00 bits per heavy atom. The van der Waals surface area contributed by atoms with Crippen LogP contribution >= 0.6 is 0 Å². The number of hydrogen-bond donors (Lipinski definition) is 1. The highest BCUT2D eigenvalue weighted by molar-refractivity contribution is 6.04. The summed E-state index contributed by atoms with van der Waals surface area (Å²) >= 11 is 0. The third kappa shape index (κ3) is 1.74. The van der Waals surface area contributed by atoms with Crippen molar-refractivity contribution in [3.63, 3.8) is 0 Å². The van der Waals surface area contributed by atoms with Crippen LogP contribution in [0.2, 0.25) is 0 Å². The minimum Gasteiger partial charge on any atom is -0.459 e. The van der Waals surface area contributed by atoms with Gasteiger partial charge in [0.05, 0.1) is 6.26 Å². The Kier molecular flexibility index (Phi) is 2.24. The molecule has 0 bridgehead atoms. The summed E-state index contributed by atoms with van der Waals surface area (Å²) in [4.78, 5) is 33.7. The van der Waals surface area contributed by atoms with Crippen molar-refractivity contribution in [2.45, 2.75) is 12.8 Å². The summed E-state index contributed by atoms with van der Waals surface area (Å²) in [6, 6.07) is 2.99. The molecule has 1 aliphatic rings. The molecule has 2 rings (SSSR count). The normalized spacial score (nSPS) is 15.9. The third-order valence-corrected chi connectivity index (χ3v) is 2.01. The third-order valence-electron chi connectivity index (χ3n) is 2.01. The van der Waals surface area contributed by atoms with Gasteiger partial charge in [0.15, 0.2) is 5.76 Å². The van der Waals surface area contributed by atoms with Gasteiger partial charge in [-0.05, 0) is 12.1 Å². The van der Waals surface area contributed by atoms with Crippen LogP contribution in [0.5, 0.6) is 0 Å². The summed E-state index contributed by atoms with van der Waals surface area (Å²) in [7, 11) is 0. The van der Waals surface area contributed by atoms with Crippen molar-refractivity contribution in [2.75, 3.05) is 0 Å². The van der Waals surface area contributed by atoms with Gasteiger partial charge in [-0.1, -0.05) is 0 Å². The van der Waals surface area contributed by atoms with E-state index in [9.17, 15) is 14.4 Å². The highest BCUT2D eigenvalue weighted by Gasteiger charge is 2.31. The number of amides is 3. The summed E-state index contributed by atoms with van der Waals surface area (Å²) in [5.74, 6) is -1.36. The van der Waals surface area contributed by atoms with Crippen LogP contribution in [0.15, 0.2) is 22.8 Å². The number of carbonyl (C=O) groups is 3. The minimum atomic E-state index is -0.608. The summed E-state index contributed by atoms with van der Waals surface area (Å²) in [5, 5.41) is 0.727. The molecular formula is C9H8N2O4. The smallest absolute Gasteiger partial charge is 0.305 e. The Labute approximate surface area is 84.8 Å². The fourth-order valence-electron chi connectivity index (χ4n) is 1.27. The standard InChI is InChI=1S/C9H8N2O4/c12-7-3-4-8(13)11(7)10-9(14)6-2-1-5-15-6/h1-2,5H,3-4H2,(H,10,14). The van der Waals surface area contributed by atoms with Gasteiger partial charge in [-0.3, -0.25) is 19.8 Å². The van der Waals surface area contributed by atoms with E-state index in [0.29, 0.717) is 0 Å². The Balaban J connectivity index is 2.06. The topological polar surface area (TPSA) is 79.6 Å². The minimum absolute atomic E-state index is 0.0579. The molecule has 1 aromatic rings. The second-order valence-corrected chi connectivity index (χ2v) is 3.04. The molecule has 1 saturated heterocycles. The summed E-state index contributed by atoms with van der Waals surface area (Å²) < 4.78 is 4.81. The highest BCUT2D eigenvalue weighted by atomic mass is 16.3. The zero-order valence-electron chi connectivity index (χ0n) is 7.73. The average molecular weight is 208 g/mol. The van der Waals surface area contributed by atoms with Gasteiger partial charge in [0.1, 0.15) is 0 Å². The highest BCUT2D eigenvalue weighted by Crippen LogP contribution is 2.09. The van der Waals surface area contributed by atoms with E-state index in [1.54, 1.807) is 6.07 Å². The van der Waals surface area contributed by atoms with E-state index in [1.807, 2.05) is 0 Å². The van der Waals surface area contributed by atoms with Gasteiger partial charge in [0.25, 0.3) is 0 Å². The van der Waals surface area contributed by atoms with Crippen LogP contribution in [0.3, 0.4) is 0 Å². The van der Waals surface area contributed by atoms with Crippen molar-refractivity contribution in [3.05, 3.63) is 24.2 Å². The number of hydrogen-bond acceptors (Lipinski definition) is 4. The van der Waals surface area contributed by atoms with Crippen molar-refractivity contribution < 1.29 is 18.8 Å². The van der Waals surface area contributed by atoms with E-state index in [2.05, 4.69) is 5.43 Å². The first-order chi connectivity index (χ1) is 7.18. The van der Waals surface area contributed by atoms with Crippen LogP contribution in [0.4, 0.5) is 0 Å². The fraction of sp³-hybridized carbons (Fsp3) is 0.222. The number of rotatable bonds is 2. The maximum atomic E-state index is 11.4. The molecule has 0 atom stereocenters. The quantitative estimate of drug-likeness (QED) is 0.697. The van der Waals surface area contributed by atoms with Gasteiger partial charge >= 0.3 is 5.91 Å². The monoisotopic (exact) mass is 208 g/mol. The molecule has 0 unspecified atom stereocenters. The van der Waals surface area contributed by atoms with Crippen molar-refractivity contribution in [1.29, 1.82) is 0 Å². The predicted octanol–water partition coefficient (Wildman–Crippen LogP) is 0.0734. The van der Waals surface area contributed by atoms with Crippen molar-refractivity contribution >= 4 is 17.7 Å². The second-order valence-electron chi connectivity index (χ2n) is 3.04. The molecule has 6 nitrogen and oxygen atoms in total. The van der Waals surface area contributed by atoms with Crippen LogP contribution in [0, 0.1) is 0 Å². The molecule has 15 heavy (non-hydrogen) atoms. The first-order valence-electron chi connectivity index (χ1n) is 4.39. The molecular weight excluding hydrogens is 200 g/mol. The molecule has 1 fully saturated rings. The van der Waals surface area contributed by atoms with Crippen LogP contribution in [0.25, 0.3) is 0 Å². The van der Waals surface area contributed by atoms with Gasteiger partial charge in [-0.25, -0.2) is 0 Å². The van der Waals surface area contributed by atoms with Crippen LogP contribution in [-0.2, 0) is 9.59 Å². The molecule has 1 aliphatic heterocycles. The average Bonchev–Trinajstić information content (AvgIpc) is 2.82. The van der Waals surface area contributed by atoms with E-state index >= 15 is 0 Å². The Hall–Kier alpha value is -2.11. The molecule has 0 aromatic carbocycles. The number of nitrogens with zero attached hydrogens (tertiary/aromatic N) is 1. The lowest BCUT2D eigenvalue weighted by Crippen LogP contribution is -2.45. The molecule has 6 heteroatoms. The largest absolute Gasteiger partial charge is 0.459 e. The zero-order valence-corrected chi connectivity index (χ0v) is 7.73. The second kappa shape index (κ2) is 3.56. The van der Waals surface area contributed by atoms with Crippen molar-refractivity contribution in [2.24, 2.45) is 0 Å². The van der Waals surface area contributed by atoms with Crippen LogP contribution in [0.1, 0.15) is 23.4 Å². The molecule has 1 N–H and O–H groups in total. The Morgan fingerprint density at radius 3 is 2.53 bits per heavy atom. The van der Waals surface area contributed by atoms with Gasteiger partial charge in [-0.15, -0.1) is 0 Å². The SMILES string of the molecule is O=C(NN1C(=O)CCC1=O)c1ccco1. The lowest BCUT2D eigenvalue weighted by Gasteiger charge is -2.13. The maximum Gasteiger partial charge on any atom is 0.305 e.